The number of aromatic nitrogens is 2. The van der Waals surface area contributed by atoms with Crippen molar-refractivity contribution in [1.82, 2.24) is 9.55 Å². The van der Waals surface area contributed by atoms with Gasteiger partial charge in [0.1, 0.15) is 6.54 Å². The molecule has 0 unspecified atom stereocenters. The van der Waals surface area contributed by atoms with Gasteiger partial charge in [0.25, 0.3) is 5.56 Å². The van der Waals surface area contributed by atoms with Crippen molar-refractivity contribution >= 4 is 5.97 Å². The van der Waals surface area contributed by atoms with Gasteiger partial charge in [0, 0.05) is 24.7 Å². The van der Waals surface area contributed by atoms with Gasteiger partial charge < -0.3 is 9.30 Å². The summed E-state index contributed by atoms with van der Waals surface area (Å²) in [5.74, 6) is -0.450. The predicted octanol–water partition coefficient (Wildman–Crippen LogP) is 1.08. The topological polar surface area (TPSA) is 61.2 Å². The molecule has 0 aliphatic rings. The van der Waals surface area contributed by atoms with Crippen LogP contribution in [0.4, 0.5) is 0 Å². The normalized spacial score (nSPS) is 10.1. The number of rotatable bonds is 3. The van der Waals surface area contributed by atoms with Gasteiger partial charge in [-0.1, -0.05) is 0 Å². The molecule has 0 saturated carbocycles. The lowest BCUT2D eigenvalue weighted by Crippen LogP contribution is -2.23. The second kappa shape index (κ2) is 5.27. The van der Waals surface area contributed by atoms with Gasteiger partial charge in [0.2, 0.25) is 0 Å². The van der Waals surface area contributed by atoms with E-state index in [4.69, 9.17) is 0 Å². The number of nitrogens with zero attached hydrogens (tertiary/aromatic N) is 2. The Morgan fingerprint density at radius 3 is 2.61 bits per heavy atom. The molecular formula is C13H12N2O3. The van der Waals surface area contributed by atoms with Crippen LogP contribution in [0.3, 0.4) is 0 Å². The van der Waals surface area contributed by atoms with E-state index in [1.807, 2.05) is 12.1 Å². The first-order valence-corrected chi connectivity index (χ1v) is 5.38. The van der Waals surface area contributed by atoms with E-state index in [1.165, 1.54) is 17.7 Å². The van der Waals surface area contributed by atoms with E-state index in [-0.39, 0.29) is 12.1 Å². The molecule has 0 aromatic carbocycles. The molecule has 5 heteroatoms. The molecular weight excluding hydrogens is 232 g/mol. The van der Waals surface area contributed by atoms with Gasteiger partial charge in [-0.2, -0.15) is 0 Å². The zero-order valence-corrected chi connectivity index (χ0v) is 9.87. The number of methoxy groups -OCH3 is 1. The lowest BCUT2D eigenvalue weighted by Gasteiger charge is -2.05. The molecule has 0 N–H and O–H groups in total. The number of carbonyl (C=O) groups is 1. The molecule has 0 radical (unpaired) electrons. The van der Waals surface area contributed by atoms with Crippen LogP contribution in [0.15, 0.2) is 47.7 Å². The Bertz CT molecular complexity index is 605. The molecule has 2 rings (SSSR count). The average Bonchev–Trinajstić information content (AvgIpc) is 2.42. The minimum Gasteiger partial charge on any atom is -0.468 e. The zero-order chi connectivity index (χ0) is 13.0. The second-order valence-corrected chi connectivity index (χ2v) is 3.69. The highest BCUT2D eigenvalue weighted by atomic mass is 16.5. The fourth-order valence-corrected chi connectivity index (χ4v) is 1.57. The number of hydrogen-bond acceptors (Lipinski definition) is 4. The smallest absolute Gasteiger partial charge is 0.325 e. The van der Waals surface area contributed by atoms with E-state index in [0.717, 1.165) is 11.1 Å². The Labute approximate surface area is 104 Å². The molecule has 2 aromatic heterocycles. The molecule has 0 amide bonds. The lowest BCUT2D eigenvalue weighted by molar-refractivity contribution is -0.141. The second-order valence-electron chi connectivity index (χ2n) is 3.69. The minimum absolute atomic E-state index is 0.0774. The third kappa shape index (κ3) is 2.63. The molecule has 2 aromatic rings. The molecule has 0 saturated heterocycles. The third-order valence-electron chi connectivity index (χ3n) is 2.54. The molecule has 0 spiro atoms. The van der Waals surface area contributed by atoms with Crippen molar-refractivity contribution in [1.29, 1.82) is 0 Å². The number of hydrogen-bond donors (Lipinski definition) is 0. The third-order valence-corrected chi connectivity index (χ3v) is 2.54. The van der Waals surface area contributed by atoms with Gasteiger partial charge in [-0.3, -0.25) is 14.6 Å². The van der Waals surface area contributed by atoms with Crippen LogP contribution in [0.1, 0.15) is 0 Å². The molecule has 0 aliphatic heterocycles. The summed E-state index contributed by atoms with van der Waals surface area (Å²) in [7, 11) is 1.29. The highest BCUT2D eigenvalue weighted by Gasteiger charge is 2.05. The number of carbonyl (C=O) groups excluding carboxylic acids is 1. The summed E-state index contributed by atoms with van der Waals surface area (Å²) in [6.45, 7) is -0.0774. The van der Waals surface area contributed by atoms with Crippen molar-refractivity contribution in [3.8, 4) is 11.1 Å². The number of esters is 1. The zero-order valence-electron chi connectivity index (χ0n) is 9.87. The maximum absolute atomic E-state index is 11.8. The fraction of sp³-hybridized carbons (Fsp3) is 0.154. The summed E-state index contributed by atoms with van der Waals surface area (Å²) in [4.78, 5) is 26.8. The van der Waals surface area contributed by atoms with Crippen molar-refractivity contribution in [2.45, 2.75) is 6.54 Å². The van der Waals surface area contributed by atoms with Crippen LogP contribution < -0.4 is 5.56 Å². The predicted molar refractivity (Wildman–Crippen MR) is 65.9 cm³/mol. The molecule has 5 nitrogen and oxygen atoms in total. The van der Waals surface area contributed by atoms with E-state index < -0.39 is 5.97 Å². The van der Waals surface area contributed by atoms with Gasteiger partial charge in [-0.25, -0.2) is 0 Å². The van der Waals surface area contributed by atoms with Crippen molar-refractivity contribution in [2.24, 2.45) is 0 Å². The van der Waals surface area contributed by atoms with Crippen LogP contribution in [-0.4, -0.2) is 22.6 Å². The van der Waals surface area contributed by atoms with Gasteiger partial charge >= 0.3 is 5.97 Å². The first kappa shape index (κ1) is 12.0. The summed E-state index contributed by atoms with van der Waals surface area (Å²) >= 11 is 0. The minimum atomic E-state index is -0.450. The Balaban J connectivity index is 2.31. The van der Waals surface area contributed by atoms with E-state index in [0.29, 0.717) is 0 Å². The maximum atomic E-state index is 11.8. The van der Waals surface area contributed by atoms with E-state index in [2.05, 4.69) is 9.72 Å². The summed E-state index contributed by atoms with van der Waals surface area (Å²) in [5, 5.41) is 0. The molecule has 0 fully saturated rings. The highest BCUT2D eigenvalue weighted by molar-refractivity contribution is 5.69. The monoisotopic (exact) mass is 244 g/mol. The molecule has 0 aliphatic carbocycles. The van der Waals surface area contributed by atoms with Crippen LogP contribution in [0, 0.1) is 0 Å². The number of pyridine rings is 2. The van der Waals surface area contributed by atoms with E-state index in [9.17, 15) is 9.59 Å². The molecule has 2 heterocycles. The van der Waals surface area contributed by atoms with Crippen LogP contribution in [0.25, 0.3) is 11.1 Å². The van der Waals surface area contributed by atoms with Gasteiger partial charge in [0.05, 0.1) is 7.11 Å². The van der Waals surface area contributed by atoms with Crippen molar-refractivity contribution in [3.63, 3.8) is 0 Å². The fourth-order valence-electron chi connectivity index (χ4n) is 1.57. The molecule has 0 atom stereocenters. The maximum Gasteiger partial charge on any atom is 0.325 e. The van der Waals surface area contributed by atoms with E-state index >= 15 is 0 Å². The van der Waals surface area contributed by atoms with Crippen molar-refractivity contribution < 1.29 is 9.53 Å². The summed E-state index contributed by atoms with van der Waals surface area (Å²) in [6, 6.07) is 6.90. The van der Waals surface area contributed by atoms with Gasteiger partial charge in [-0.05, 0) is 29.3 Å². The molecule has 92 valence electrons. The van der Waals surface area contributed by atoms with Crippen LogP contribution in [-0.2, 0) is 16.1 Å². The molecule has 0 bridgehead atoms. The van der Waals surface area contributed by atoms with Crippen LogP contribution in [0.5, 0.6) is 0 Å². The Kier molecular flexibility index (Phi) is 3.52. The van der Waals surface area contributed by atoms with E-state index in [1.54, 1.807) is 24.7 Å². The largest absolute Gasteiger partial charge is 0.468 e. The number of ether oxygens (including phenoxy) is 1. The first-order chi connectivity index (χ1) is 8.70. The Morgan fingerprint density at radius 2 is 2.00 bits per heavy atom. The van der Waals surface area contributed by atoms with Crippen molar-refractivity contribution in [2.75, 3.05) is 7.11 Å². The quantitative estimate of drug-likeness (QED) is 0.758. The first-order valence-electron chi connectivity index (χ1n) is 5.38. The average molecular weight is 244 g/mol. The van der Waals surface area contributed by atoms with Crippen LogP contribution >= 0.6 is 0 Å². The van der Waals surface area contributed by atoms with Crippen LogP contribution in [0.2, 0.25) is 0 Å². The SMILES string of the molecule is COC(=O)Cn1ccc(-c2ccncc2)cc1=O. The lowest BCUT2D eigenvalue weighted by atomic mass is 10.1. The standard InChI is InChI=1S/C13H12N2O3/c1-18-13(17)9-15-7-4-11(8-12(15)16)10-2-5-14-6-3-10/h2-8H,9H2,1H3. The summed E-state index contributed by atoms with van der Waals surface area (Å²) in [5.41, 5.74) is 1.46. The summed E-state index contributed by atoms with van der Waals surface area (Å²) in [6.07, 6.45) is 4.90. The Hall–Kier alpha value is -2.43. The summed E-state index contributed by atoms with van der Waals surface area (Å²) < 4.78 is 5.82. The van der Waals surface area contributed by atoms with Gasteiger partial charge in [-0.15, -0.1) is 0 Å². The van der Waals surface area contributed by atoms with Gasteiger partial charge in [0.15, 0.2) is 0 Å². The highest BCUT2D eigenvalue weighted by Crippen LogP contribution is 2.15. The molecule has 18 heavy (non-hydrogen) atoms. The van der Waals surface area contributed by atoms with Crippen molar-refractivity contribution in [3.05, 3.63) is 53.2 Å². The Morgan fingerprint density at radius 1 is 1.28 bits per heavy atom.